The third-order valence-corrected chi connectivity index (χ3v) is 9.48. The number of nitrogens with zero attached hydrogens (tertiary/aromatic N) is 2. The van der Waals surface area contributed by atoms with E-state index in [1.54, 1.807) is 20.2 Å². The lowest BCUT2D eigenvalue weighted by atomic mass is 9.58. The molecule has 10 nitrogen and oxygen atoms in total. The number of carbonyl (C=O) groups excluding carboxylic acids is 3. The molecule has 0 spiro atoms. The minimum atomic E-state index is -2.65. The van der Waals surface area contributed by atoms with E-state index in [-0.39, 0.29) is 29.7 Å². The lowest BCUT2D eigenvalue weighted by Crippen LogP contribution is -2.63. The molecule has 0 saturated carbocycles. The summed E-state index contributed by atoms with van der Waals surface area (Å²) in [5.41, 5.74) is 5.21. The van der Waals surface area contributed by atoms with E-state index < -0.39 is 58.0 Å². The van der Waals surface area contributed by atoms with Crippen molar-refractivity contribution in [3.05, 3.63) is 75.8 Å². The van der Waals surface area contributed by atoms with Gasteiger partial charge in [0.15, 0.2) is 11.4 Å². The molecule has 42 heavy (non-hydrogen) atoms. The van der Waals surface area contributed by atoms with Gasteiger partial charge in [0.25, 0.3) is 5.91 Å². The number of nitrogens with two attached hydrogens (primary N) is 1. The number of hydrogen-bond acceptors (Lipinski definition) is 9. The number of rotatable bonds is 5. The smallest absolute Gasteiger partial charge is 0.255 e. The third kappa shape index (κ3) is 4.08. The van der Waals surface area contributed by atoms with Gasteiger partial charge in [-0.15, -0.1) is 0 Å². The second-order valence-electron chi connectivity index (χ2n) is 12.1. The summed E-state index contributed by atoms with van der Waals surface area (Å²) >= 11 is 0. The van der Waals surface area contributed by atoms with Crippen LogP contribution in [0.2, 0.25) is 0 Å². The number of phenols is 1. The Labute approximate surface area is 243 Å². The van der Waals surface area contributed by atoms with E-state index in [1.807, 2.05) is 12.1 Å². The molecule has 220 valence electrons. The molecule has 1 amide bonds. The molecule has 3 aliphatic carbocycles. The molecule has 0 aromatic heterocycles. The van der Waals surface area contributed by atoms with Gasteiger partial charge >= 0.3 is 0 Å². The summed E-state index contributed by atoms with van der Waals surface area (Å²) in [6.07, 6.45) is 2.72. The Morgan fingerprint density at radius 1 is 1.05 bits per heavy atom. The van der Waals surface area contributed by atoms with E-state index in [0.717, 1.165) is 30.8 Å². The summed E-state index contributed by atoms with van der Waals surface area (Å²) in [5, 5.41) is 45.0. The highest BCUT2D eigenvalue weighted by Gasteiger charge is 2.63. The molecule has 0 bridgehead atoms. The molecule has 4 unspecified atom stereocenters. The van der Waals surface area contributed by atoms with Crippen molar-refractivity contribution in [3.63, 3.8) is 0 Å². The predicted molar refractivity (Wildman–Crippen MR) is 154 cm³/mol. The Bertz CT molecular complexity index is 1570. The molecular weight excluding hydrogens is 538 g/mol. The number of aliphatic hydroxyl groups excluding tert-OH is 2. The Kier molecular flexibility index (Phi) is 6.75. The number of aliphatic hydroxyl groups is 3. The number of amides is 1. The number of phenolic OH excluding ortho intramolecular Hbond substituents is 1. The molecule has 6 rings (SSSR count). The fraction of sp³-hybridized carbons (Fsp3) is 0.406. The predicted octanol–water partition coefficient (Wildman–Crippen LogP) is 2.38. The first-order chi connectivity index (χ1) is 19.9. The number of likely N-dealkylation sites (N-methyl/N-ethyl adjacent to an activating group) is 1. The SMILES string of the molecule is CN(C)C1C(O)=C(C(N)=O)C(=O)C2(O)C(O)=C3C(=O)c4c(O)ccc(-c5ccc(CN6CCCC6)cc5)c4CC3CC12. The lowest BCUT2D eigenvalue weighted by Gasteiger charge is -2.50. The van der Waals surface area contributed by atoms with Crippen LogP contribution in [-0.4, -0.2) is 86.5 Å². The quantitative estimate of drug-likeness (QED) is 0.338. The first-order valence-electron chi connectivity index (χ1n) is 14.3. The zero-order chi connectivity index (χ0) is 30.1. The molecule has 2 aromatic carbocycles. The number of Topliss-reactive ketones (excluding diaryl/α,β-unsaturated/α-hetero) is 2. The highest BCUT2D eigenvalue weighted by Crippen LogP contribution is 2.53. The molecule has 4 aliphatic rings. The zero-order valence-corrected chi connectivity index (χ0v) is 23.6. The van der Waals surface area contributed by atoms with Gasteiger partial charge in [-0.1, -0.05) is 30.3 Å². The number of carbonyl (C=O) groups is 3. The standard InChI is InChI=1S/C32H35N3O7/c1-34(2)26-21-14-18-13-20-19(17-7-5-16(6-8-17)15-35-11-3-4-12-35)9-10-22(36)24(20)27(37)23(18)29(39)32(21,42)30(40)25(28(26)38)31(33)41/h5-10,18,21,26,36,38-39,42H,3-4,11-15H2,1-2H3,(H2,33,41). The average Bonchev–Trinajstić information content (AvgIpc) is 3.44. The van der Waals surface area contributed by atoms with Crippen LogP contribution in [0.4, 0.5) is 0 Å². The monoisotopic (exact) mass is 573 g/mol. The third-order valence-electron chi connectivity index (χ3n) is 9.48. The Balaban J connectivity index is 1.43. The largest absolute Gasteiger partial charge is 0.510 e. The van der Waals surface area contributed by atoms with Crippen molar-refractivity contribution in [3.8, 4) is 16.9 Å². The lowest BCUT2D eigenvalue weighted by molar-refractivity contribution is -0.148. The summed E-state index contributed by atoms with van der Waals surface area (Å²) in [7, 11) is 3.22. The van der Waals surface area contributed by atoms with Crippen LogP contribution in [0.5, 0.6) is 5.75 Å². The number of fused-ring (bicyclic) bond motifs is 3. The normalized spacial score (nSPS) is 27.8. The maximum absolute atomic E-state index is 14.0. The van der Waals surface area contributed by atoms with E-state index in [9.17, 15) is 34.8 Å². The van der Waals surface area contributed by atoms with Crippen LogP contribution in [0.1, 0.15) is 40.7 Å². The Morgan fingerprint density at radius 3 is 2.33 bits per heavy atom. The maximum Gasteiger partial charge on any atom is 0.255 e. The summed E-state index contributed by atoms with van der Waals surface area (Å²) in [4.78, 5) is 43.5. The number of hydrogen-bond donors (Lipinski definition) is 5. The van der Waals surface area contributed by atoms with Crippen LogP contribution in [0.25, 0.3) is 11.1 Å². The van der Waals surface area contributed by atoms with Gasteiger partial charge in [-0.05, 0) is 87.1 Å². The number of allylic oxidation sites excluding steroid dienone is 1. The van der Waals surface area contributed by atoms with Gasteiger partial charge in [0.2, 0.25) is 5.78 Å². The van der Waals surface area contributed by atoms with Crippen LogP contribution in [0, 0.1) is 11.8 Å². The maximum atomic E-state index is 14.0. The van der Waals surface area contributed by atoms with Crippen LogP contribution in [0.15, 0.2) is 59.1 Å². The molecule has 1 fully saturated rings. The molecule has 10 heteroatoms. The van der Waals surface area contributed by atoms with Gasteiger partial charge in [0.1, 0.15) is 22.8 Å². The second-order valence-corrected chi connectivity index (χ2v) is 12.1. The number of likely N-dealkylation sites (tertiary alicyclic amines) is 1. The minimum absolute atomic E-state index is 0.00873. The number of benzene rings is 2. The zero-order valence-electron chi connectivity index (χ0n) is 23.6. The van der Waals surface area contributed by atoms with Crippen LogP contribution >= 0.6 is 0 Å². The van der Waals surface area contributed by atoms with Gasteiger partial charge < -0.3 is 26.2 Å². The molecule has 0 radical (unpaired) electrons. The molecule has 6 N–H and O–H groups in total. The second kappa shape index (κ2) is 10.1. The topological polar surface area (TPSA) is 165 Å². The molecule has 1 saturated heterocycles. The van der Waals surface area contributed by atoms with E-state index >= 15 is 0 Å². The van der Waals surface area contributed by atoms with Crippen molar-refractivity contribution in [1.29, 1.82) is 0 Å². The summed E-state index contributed by atoms with van der Waals surface area (Å²) in [5.74, 6) is -6.58. The Hall–Kier alpha value is -3.99. The van der Waals surface area contributed by atoms with Crippen LogP contribution in [-0.2, 0) is 22.6 Å². The molecular formula is C32H35N3O7. The number of primary amides is 1. The molecule has 1 heterocycles. The van der Waals surface area contributed by atoms with Gasteiger partial charge in [-0.2, -0.15) is 0 Å². The van der Waals surface area contributed by atoms with Crippen LogP contribution in [0.3, 0.4) is 0 Å². The van der Waals surface area contributed by atoms with E-state index in [2.05, 4.69) is 17.0 Å². The van der Waals surface area contributed by atoms with E-state index in [1.165, 1.54) is 29.4 Å². The number of ketones is 2. The molecule has 1 aliphatic heterocycles. The van der Waals surface area contributed by atoms with Crippen molar-refractivity contribution in [1.82, 2.24) is 9.80 Å². The minimum Gasteiger partial charge on any atom is -0.510 e. The van der Waals surface area contributed by atoms with Crippen LogP contribution < -0.4 is 5.73 Å². The van der Waals surface area contributed by atoms with Crippen molar-refractivity contribution in [2.24, 2.45) is 17.6 Å². The van der Waals surface area contributed by atoms with E-state index in [0.29, 0.717) is 5.56 Å². The molecule has 4 atom stereocenters. The van der Waals surface area contributed by atoms with Gasteiger partial charge in [-0.25, -0.2) is 0 Å². The summed E-state index contributed by atoms with van der Waals surface area (Å²) in [6, 6.07) is 10.3. The van der Waals surface area contributed by atoms with Crippen molar-refractivity contribution in [2.75, 3.05) is 27.2 Å². The highest BCUT2D eigenvalue weighted by molar-refractivity contribution is 6.24. The number of aromatic hydroxyl groups is 1. The van der Waals surface area contributed by atoms with Gasteiger partial charge in [-0.3, -0.25) is 24.2 Å². The summed E-state index contributed by atoms with van der Waals surface area (Å²) < 4.78 is 0. The van der Waals surface area contributed by atoms with Gasteiger partial charge in [0, 0.05) is 18.0 Å². The van der Waals surface area contributed by atoms with Crippen molar-refractivity contribution in [2.45, 2.75) is 43.9 Å². The van der Waals surface area contributed by atoms with Gasteiger partial charge in [0.05, 0.1) is 11.6 Å². The summed E-state index contributed by atoms with van der Waals surface area (Å²) in [6.45, 7) is 3.05. The first-order valence-corrected chi connectivity index (χ1v) is 14.3. The van der Waals surface area contributed by atoms with E-state index in [4.69, 9.17) is 5.73 Å². The average molecular weight is 574 g/mol. The molecule has 2 aromatic rings. The van der Waals surface area contributed by atoms with Crippen molar-refractivity contribution >= 4 is 17.5 Å². The first kappa shape index (κ1) is 28.1. The van der Waals surface area contributed by atoms with Crippen molar-refractivity contribution < 1.29 is 34.8 Å². The fourth-order valence-electron chi connectivity index (χ4n) is 7.51. The Morgan fingerprint density at radius 2 is 1.71 bits per heavy atom. The highest BCUT2D eigenvalue weighted by atomic mass is 16.3. The fourth-order valence-corrected chi connectivity index (χ4v) is 7.51.